The van der Waals surface area contributed by atoms with Gasteiger partial charge >= 0.3 is 0 Å². The van der Waals surface area contributed by atoms with Gasteiger partial charge in [-0.15, -0.1) is 0 Å². The molecule has 0 saturated heterocycles. The standard InChI is InChI=1S/C15H13Br2FO2/c1-20-15-5-2-10(16)6-9(15)7-14(19)12-8-11(18)3-4-13(12)17/h2-6,8,14,19H,7H2,1H3. The molecule has 0 saturated carbocycles. The smallest absolute Gasteiger partial charge is 0.123 e. The minimum atomic E-state index is -0.816. The van der Waals surface area contributed by atoms with Crippen molar-refractivity contribution in [2.24, 2.45) is 0 Å². The van der Waals surface area contributed by atoms with Gasteiger partial charge in [-0.2, -0.15) is 0 Å². The van der Waals surface area contributed by atoms with Crippen molar-refractivity contribution in [1.29, 1.82) is 0 Å². The second-order valence-electron chi connectivity index (χ2n) is 4.34. The van der Waals surface area contributed by atoms with Gasteiger partial charge in [0.05, 0.1) is 13.2 Å². The van der Waals surface area contributed by atoms with E-state index in [1.807, 2.05) is 18.2 Å². The van der Waals surface area contributed by atoms with E-state index >= 15 is 0 Å². The average Bonchev–Trinajstić information content (AvgIpc) is 2.41. The Morgan fingerprint density at radius 2 is 1.95 bits per heavy atom. The number of halogens is 3. The van der Waals surface area contributed by atoms with Crippen molar-refractivity contribution in [3.63, 3.8) is 0 Å². The first-order valence-corrected chi connectivity index (χ1v) is 7.55. The predicted octanol–water partition coefficient (Wildman–Crippen LogP) is 4.64. The molecule has 2 nitrogen and oxygen atoms in total. The summed E-state index contributed by atoms with van der Waals surface area (Å²) in [5.41, 5.74) is 1.37. The van der Waals surface area contributed by atoms with E-state index < -0.39 is 6.10 Å². The Labute approximate surface area is 133 Å². The summed E-state index contributed by atoms with van der Waals surface area (Å²) < 4.78 is 20.1. The van der Waals surface area contributed by atoms with E-state index in [0.29, 0.717) is 22.2 Å². The van der Waals surface area contributed by atoms with E-state index in [1.165, 1.54) is 12.1 Å². The molecule has 0 amide bonds. The maximum Gasteiger partial charge on any atom is 0.123 e. The fourth-order valence-corrected chi connectivity index (χ4v) is 2.91. The lowest BCUT2D eigenvalue weighted by molar-refractivity contribution is 0.176. The lowest BCUT2D eigenvalue weighted by Gasteiger charge is -2.15. The van der Waals surface area contributed by atoms with Crippen molar-refractivity contribution in [2.45, 2.75) is 12.5 Å². The number of rotatable bonds is 4. The van der Waals surface area contributed by atoms with E-state index in [9.17, 15) is 9.50 Å². The zero-order valence-electron chi connectivity index (χ0n) is 10.7. The molecular formula is C15H13Br2FO2. The van der Waals surface area contributed by atoms with Gasteiger partial charge in [0.25, 0.3) is 0 Å². The number of benzene rings is 2. The SMILES string of the molecule is COc1ccc(Br)cc1CC(O)c1cc(F)ccc1Br. The maximum absolute atomic E-state index is 13.3. The summed E-state index contributed by atoms with van der Waals surface area (Å²) >= 11 is 6.72. The summed E-state index contributed by atoms with van der Waals surface area (Å²) in [5.74, 6) is 0.322. The molecule has 0 radical (unpaired) electrons. The van der Waals surface area contributed by atoms with E-state index in [1.54, 1.807) is 13.2 Å². The topological polar surface area (TPSA) is 29.5 Å². The summed E-state index contributed by atoms with van der Waals surface area (Å²) in [6, 6.07) is 9.85. The number of ether oxygens (including phenoxy) is 1. The van der Waals surface area contributed by atoms with E-state index in [2.05, 4.69) is 31.9 Å². The molecule has 0 fully saturated rings. The highest BCUT2D eigenvalue weighted by molar-refractivity contribution is 9.10. The number of hydrogen-bond acceptors (Lipinski definition) is 2. The monoisotopic (exact) mass is 402 g/mol. The van der Waals surface area contributed by atoms with E-state index in [0.717, 1.165) is 10.0 Å². The van der Waals surface area contributed by atoms with Gasteiger partial charge in [0.2, 0.25) is 0 Å². The summed E-state index contributed by atoms with van der Waals surface area (Å²) in [5, 5.41) is 10.3. The molecule has 1 N–H and O–H groups in total. The summed E-state index contributed by atoms with van der Waals surface area (Å²) in [6.07, 6.45) is -0.478. The average molecular weight is 404 g/mol. The fourth-order valence-electron chi connectivity index (χ4n) is 1.99. The van der Waals surface area contributed by atoms with Crippen molar-refractivity contribution in [3.05, 3.63) is 62.3 Å². The third-order valence-corrected chi connectivity index (χ3v) is 4.19. The maximum atomic E-state index is 13.3. The first kappa shape index (κ1) is 15.5. The first-order chi connectivity index (χ1) is 9.51. The highest BCUT2D eigenvalue weighted by Gasteiger charge is 2.15. The molecule has 2 aromatic carbocycles. The van der Waals surface area contributed by atoms with Crippen molar-refractivity contribution in [1.82, 2.24) is 0 Å². The van der Waals surface area contributed by atoms with Gasteiger partial charge in [0, 0.05) is 15.4 Å². The van der Waals surface area contributed by atoms with E-state index in [-0.39, 0.29) is 5.82 Å². The molecule has 2 aromatic rings. The first-order valence-electron chi connectivity index (χ1n) is 5.96. The predicted molar refractivity (Wildman–Crippen MR) is 83.5 cm³/mol. The molecule has 0 aliphatic rings. The molecule has 5 heteroatoms. The second kappa shape index (κ2) is 6.70. The quantitative estimate of drug-likeness (QED) is 0.805. The Kier molecular flexibility index (Phi) is 5.18. The van der Waals surface area contributed by atoms with Crippen LogP contribution in [0.1, 0.15) is 17.2 Å². The van der Waals surface area contributed by atoms with Crippen LogP contribution in [0.5, 0.6) is 5.75 Å². The third kappa shape index (κ3) is 3.59. The van der Waals surface area contributed by atoms with Crippen LogP contribution in [0.2, 0.25) is 0 Å². The van der Waals surface area contributed by atoms with Crippen molar-refractivity contribution in [3.8, 4) is 5.75 Å². The molecule has 0 aliphatic heterocycles. The fraction of sp³-hybridized carbons (Fsp3) is 0.200. The van der Waals surface area contributed by atoms with Crippen LogP contribution < -0.4 is 4.74 Å². The summed E-state index contributed by atoms with van der Waals surface area (Å²) in [7, 11) is 1.58. The number of aliphatic hydroxyl groups excluding tert-OH is 1. The molecular weight excluding hydrogens is 391 g/mol. The Bertz CT molecular complexity index is 617. The highest BCUT2D eigenvalue weighted by atomic mass is 79.9. The molecule has 0 spiro atoms. The minimum Gasteiger partial charge on any atom is -0.496 e. The molecule has 20 heavy (non-hydrogen) atoms. The lowest BCUT2D eigenvalue weighted by atomic mass is 10.0. The second-order valence-corrected chi connectivity index (χ2v) is 6.11. The van der Waals surface area contributed by atoms with Gasteiger partial charge in [-0.3, -0.25) is 0 Å². The van der Waals surface area contributed by atoms with Crippen molar-refractivity contribution in [2.75, 3.05) is 7.11 Å². The van der Waals surface area contributed by atoms with Crippen LogP contribution in [0.25, 0.3) is 0 Å². The van der Waals surface area contributed by atoms with Crippen LogP contribution in [-0.4, -0.2) is 12.2 Å². The minimum absolute atomic E-state index is 0.338. The van der Waals surface area contributed by atoms with Crippen LogP contribution >= 0.6 is 31.9 Å². The van der Waals surface area contributed by atoms with Crippen molar-refractivity contribution >= 4 is 31.9 Å². The third-order valence-electron chi connectivity index (χ3n) is 2.97. The molecule has 1 atom stereocenters. The molecule has 2 rings (SSSR count). The van der Waals surface area contributed by atoms with Gasteiger partial charge in [-0.25, -0.2) is 4.39 Å². The van der Waals surface area contributed by atoms with Gasteiger partial charge in [0.1, 0.15) is 11.6 Å². The highest BCUT2D eigenvalue weighted by Crippen LogP contribution is 2.31. The molecule has 0 aromatic heterocycles. The molecule has 0 aliphatic carbocycles. The molecule has 0 bridgehead atoms. The van der Waals surface area contributed by atoms with Gasteiger partial charge in [-0.05, 0) is 47.5 Å². The molecule has 106 valence electrons. The van der Waals surface area contributed by atoms with Gasteiger partial charge < -0.3 is 9.84 Å². The Morgan fingerprint density at radius 1 is 1.20 bits per heavy atom. The normalized spacial score (nSPS) is 12.2. The van der Waals surface area contributed by atoms with Crippen LogP contribution in [0.15, 0.2) is 45.3 Å². The lowest BCUT2D eigenvalue weighted by Crippen LogP contribution is -2.05. The zero-order valence-corrected chi connectivity index (χ0v) is 13.9. The Morgan fingerprint density at radius 3 is 2.65 bits per heavy atom. The Balaban J connectivity index is 2.29. The van der Waals surface area contributed by atoms with Crippen LogP contribution in [0.4, 0.5) is 4.39 Å². The van der Waals surface area contributed by atoms with Crippen LogP contribution in [0.3, 0.4) is 0 Å². The Hall–Kier alpha value is -0.910. The van der Waals surface area contributed by atoms with Crippen LogP contribution in [0, 0.1) is 5.82 Å². The van der Waals surface area contributed by atoms with Crippen molar-refractivity contribution < 1.29 is 14.2 Å². The number of aliphatic hydroxyl groups is 1. The van der Waals surface area contributed by atoms with Gasteiger partial charge in [0.15, 0.2) is 0 Å². The molecule has 1 unspecified atom stereocenters. The summed E-state index contributed by atoms with van der Waals surface area (Å²) in [4.78, 5) is 0. The number of hydrogen-bond donors (Lipinski definition) is 1. The zero-order chi connectivity index (χ0) is 14.7. The van der Waals surface area contributed by atoms with E-state index in [4.69, 9.17) is 4.74 Å². The molecule has 0 heterocycles. The largest absolute Gasteiger partial charge is 0.496 e. The van der Waals surface area contributed by atoms with Crippen LogP contribution in [-0.2, 0) is 6.42 Å². The summed E-state index contributed by atoms with van der Waals surface area (Å²) in [6.45, 7) is 0. The number of methoxy groups -OCH3 is 1. The van der Waals surface area contributed by atoms with Gasteiger partial charge in [-0.1, -0.05) is 31.9 Å².